The first-order valence-electron chi connectivity index (χ1n) is 21.0. The van der Waals surface area contributed by atoms with Crippen LogP contribution in [0.2, 0.25) is 0 Å². The monoisotopic (exact) mass is 670 g/mol. The molecule has 0 aliphatic rings. The van der Waals surface area contributed by atoms with Crippen LogP contribution in [-0.4, -0.2) is 36.6 Å². The Labute approximate surface area is 301 Å². The second-order valence-corrected chi connectivity index (χ2v) is 14.5. The van der Waals surface area contributed by atoms with Gasteiger partial charge in [0, 0.05) is 12.5 Å². The molecule has 3 heteroatoms. The van der Waals surface area contributed by atoms with E-state index in [1.54, 1.807) is 0 Å². The van der Waals surface area contributed by atoms with Crippen molar-refractivity contribution < 1.29 is 9.53 Å². The van der Waals surface area contributed by atoms with E-state index in [1.807, 2.05) is 0 Å². The quantitative estimate of drug-likeness (QED) is 0.0378. The van der Waals surface area contributed by atoms with Crippen LogP contribution in [0.15, 0.2) is 48.6 Å². The molecular weight excluding hydrogens is 587 g/mol. The topological polar surface area (TPSA) is 29.5 Å². The van der Waals surface area contributed by atoms with Crippen molar-refractivity contribution in [1.29, 1.82) is 0 Å². The van der Waals surface area contributed by atoms with Crippen molar-refractivity contribution in [2.24, 2.45) is 0 Å². The van der Waals surface area contributed by atoms with Crippen molar-refractivity contribution in [3.8, 4) is 0 Å². The van der Waals surface area contributed by atoms with Crippen LogP contribution >= 0.6 is 0 Å². The number of hydrogen-bond donors (Lipinski definition) is 0. The fraction of sp³-hybridized carbons (Fsp3) is 0.800. The molecule has 48 heavy (non-hydrogen) atoms. The van der Waals surface area contributed by atoms with Gasteiger partial charge in [-0.25, -0.2) is 0 Å². The number of carbonyl (C=O) groups excluding carboxylic acids is 1. The first-order chi connectivity index (χ1) is 23.5. The lowest BCUT2D eigenvalue weighted by Crippen LogP contribution is -2.28. The lowest BCUT2D eigenvalue weighted by atomic mass is 10.0. The molecule has 0 aromatic carbocycles. The highest BCUT2D eigenvalue weighted by molar-refractivity contribution is 5.69. The highest BCUT2D eigenvalue weighted by atomic mass is 16.5. The van der Waals surface area contributed by atoms with Crippen molar-refractivity contribution in [3.63, 3.8) is 0 Å². The predicted molar refractivity (Wildman–Crippen MR) is 215 cm³/mol. The van der Waals surface area contributed by atoms with Crippen LogP contribution in [0.5, 0.6) is 0 Å². The average Bonchev–Trinajstić information content (AvgIpc) is 3.07. The molecular formula is C45H83NO2. The normalized spacial score (nSPS) is 13.1. The zero-order valence-electron chi connectivity index (χ0n) is 33.0. The maximum Gasteiger partial charge on any atom is 0.306 e. The van der Waals surface area contributed by atoms with Gasteiger partial charge >= 0.3 is 5.97 Å². The Kier molecular flexibility index (Phi) is 36.9. The highest BCUT2D eigenvalue weighted by Gasteiger charge is 2.15. The van der Waals surface area contributed by atoms with E-state index in [1.165, 1.54) is 141 Å². The van der Waals surface area contributed by atoms with E-state index in [0.717, 1.165) is 38.6 Å². The molecule has 0 fully saturated rings. The summed E-state index contributed by atoms with van der Waals surface area (Å²) in [6.45, 7) is 9.88. The van der Waals surface area contributed by atoms with Gasteiger partial charge < -0.3 is 9.64 Å². The first kappa shape index (κ1) is 46.4. The zero-order chi connectivity index (χ0) is 35.2. The third-order valence-corrected chi connectivity index (χ3v) is 9.52. The van der Waals surface area contributed by atoms with E-state index < -0.39 is 0 Å². The van der Waals surface area contributed by atoms with Gasteiger partial charge in [0.25, 0.3) is 0 Å². The van der Waals surface area contributed by atoms with Gasteiger partial charge in [0.2, 0.25) is 0 Å². The van der Waals surface area contributed by atoms with Gasteiger partial charge in [0.1, 0.15) is 6.10 Å². The fourth-order valence-corrected chi connectivity index (χ4v) is 5.96. The number of rotatable bonds is 36. The molecule has 0 aromatic heterocycles. The number of ether oxygens (including phenoxy) is 1. The lowest BCUT2D eigenvalue weighted by molar-refractivity contribution is -0.150. The minimum absolute atomic E-state index is 0.0113. The number of nitrogens with zero attached hydrogens (tertiary/aromatic N) is 1. The van der Waals surface area contributed by atoms with Crippen molar-refractivity contribution in [2.75, 3.05) is 13.6 Å². The van der Waals surface area contributed by atoms with Crippen LogP contribution in [0, 0.1) is 0 Å². The number of hydrogen-bond acceptors (Lipinski definition) is 3. The maximum atomic E-state index is 12.7. The molecule has 0 unspecified atom stereocenters. The smallest absolute Gasteiger partial charge is 0.306 e. The molecule has 0 amide bonds. The van der Waals surface area contributed by atoms with Crippen molar-refractivity contribution in [2.45, 2.75) is 220 Å². The molecule has 0 aliphatic carbocycles. The summed E-state index contributed by atoms with van der Waals surface area (Å²) < 4.78 is 6.06. The van der Waals surface area contributed by atoms with Crippen LogP contribution in [0.1, 0.15) is 207 Å². The Balaban J connectivity index is 4.13. The third-order valence-electron chi connectivity index (χ3n) is 9.52. The second kappa shape index (κ2) is 38.2. The van der Waals surface area contributed by atoms with Gasteiger partial charge in [-0.3, -0.25) is 4.79 Å². The van der Waals surface area contributed by atoms with E-state index in [2.05, 4.69) is 88.3 Å². The first-order valence-corrected chi connectivity index (χ1v) is 21.0. The maximum absolute atomic E-state index is 12.7. The largest absolute Gasteiger partial charge is 0.462 e. The summed E-state index contributed by atoms with van der Waals surface area (Å²) in [6, 6.07) is 0.515. The van der Waals surface area contributed by atoms with Gasteiger partial charge in [-0.2, -0.15) is 0 Å². The van der Waals surface area contributed by atoms with Crippen molar-refractivity contribution >= 4 is 5.97 Å². The summed E-state index contributed by atoms with van der Waals surface area (Å²) in [4.78, 5) is 15.0. The van der Waals surface area contributed by atoms with E-state index in [4.69, 9.17) is 4.74 Å². The average molecular weight is 670 g/mol. The van der Waals surface area contributed by atoms with Gasteiger partial charge in [-0.1, -0.05) is 140 Å². The van der Waals surface area contributed by atoms with Crippen LogP contribution in [0.3, 0.4) is 0 Å². The third kappa shape index (κ3) is 35.7. The van der Waals surface area contributed by atoms with Crippen LogP contribution in [0.4, 0.5) is 0 Å². The Morgan fingerprint density at radius 3 is 1.29 bits per heavy atom. The van der Waals surface area contributed by atoms with Crippen molar-refractivity contribution in [1.82, 2.24) is 4.90 Å². The lowest BCUT2D eigenvalue weighted by Gasteiger charge is -2.21. The Hall–Kier alpha value is -1.61. The number of esters is 1. The Bertz CT molecular complexity index is 732. The van der Waals surface area contributed by atoms with E-state index in [9.17, 15) is 4.79 Å². The van der Waals surface area contributed by atoms with Crippen LogP contribution < -0.4 is 0 Å². The summed E-state index contributed by atoms with van der Waals surface area (Å²) in [5.74, 6) is 0.0113. The molecule has 0 saturated heterocycles. The number of carbonyl (C=O) groups is 1. The molecule has 0 N–H and O–H groups in total. The zero-order valence-corrected chi connectivity index (χ0v) is 33.0. The number of allylic oxidation sites excluding steroid dienone is 8. The minimum Gasteiger partial charge on any atom is -0.462 e. The standard InChI is InChI=1S/C45H83NO2/c1-6-8-10-12-14-16-18-20-22-24-26-28-30-32-34-36-39-44(48-45(47)41-38-42-46(5)43(3)4)40-37-35-33-31-29-27-25-23-21-19-17-15-13-11-9-7-2/h14-17,20-23,43-44H,6-13,18-19,24-42H2,1-5H3. The van der Waals surface area contributed by atoms with Gasteiger partial charge in [-0.15, -0.1) is 0 Å². The SMILES string of the molecule is CCCCCC=CCC=CCCCCCCCCC(CCCCCCCCC=CCC=CCCCCC)OC(=O)CCCN(C)C(C)C. The molecule has 0 rings (SSSR count). The molecule has 0 radical (unpaired) electrons. The van der Waals surface area contributed by atoms with Crippen LogP contribution in [0.25, 0.3) is 0 Å². The Morgan fingerprint density at radius 2 is 0.896 bits per heavy atom. The second-order valence-electron chi connectivity index (χ2n) is 14.5. The van der Waals surface area contributed by atoms with Gasteiger partial charge in [0.15, 0.2) is 0 Å². The van der Waals surface area contributed by atoms with E-state index in [0.29, 0.717) is 12.5 Å². The predicted octanol–water partition coefficient (Wildman–Crippen LogP) is 14.4. The molecule has 3 nitrogen and oxygen atoms in total. The van der Waals surface area contributed by atoms with Crippen molar-refractivity contribution in [3.05, 3.63) is 48.6 Å². The minimum atomic E-state index is 0.0113. The van der Waals surface area contributed by atoms with E-state index in [-0.39, 0.29) is 12.1 Å². The van der Waals surface area contributed by atoms with Crippen LogP contribution in [-0.2, 0) is 9.53 Å². The summed E-state index contributed by atoms with van der Waals surface area (Å²) in [7, 11) is 2.13. The molecule has 0 saturated carbocycles. The molecule has 280 valence electrons. The molecule has 0 heterocycles. The molecule has 0 aromatic rings. The molecule has 0 aliphatic heterocycles. The number of unbranched alkanes of at least 4 members (excludes halogenated alkanes) is 18. The summed E-state index contributed by atoms with van der Waals surface area (Å²) in [6.07, 6.45) is 52.7. The van der Waals surface area contributed by atoms with Gasteiger partial charge in [0.05, 0.1) is 0 Å². The summed E-state index contributed by atoms with van der Waals surface area (Å²) in [5.41, 5.74) is 0. The Morgan fingerprint density at radius 1 is 0.521 bits per heavy atom. The highest BCUT2D eigenvalue weighted by Crippen LogP contribution is 2.18. The fourth-order valence-electron chi connectivity index (χ4n) is 5.96. The molecule has 0 bridgehead atoms. The molecule has 0 atom stereocenters. The molecule has 0 spiro atoms. The van der Waals surface area contributed by atoms with E-state index >= 15 is 0 Å². The van der Waals surface area contributed by atoms with Gasteiger partial charge in [-0.05, 0) is 124 Å². The summed E-state index contributed by atoms with van der Waals surface area (Å²) in [5, 5.41) is 0. The summed E-state index contributed by atoms with van der Waals surface area (Å²) >= 11 is 0.